The number of carboxylic acids is 1. The predicted molar refractivity (Wildman–Crippen MR) is 84.9 cm³/mol. The first-order valence-electron chi connectivity index (χ1n) is 7.27. The highest BCUT2D eigenvalue weighted by Gasteiger charge is 2.40. The first kappa shape index (κ1) is 16.6. The number of halogens is 2. The zero-order valence-corrected chi connectivity index (χ0v) is 13.0. The molecule has 0 aliphatic rings. The van der Waals surface area contributed by atoms with E-state index < -0.39 is 34.6 Å². The number of H-pyrrole nitrogens is 1. The molecule has 3 aromatic rings. The summed E-state index contributed by atoms with van der Waals surface area (Å²) in [7, 11) is 0. The van der Waals surface area contributed by atoms with E-state index in [-0.39, 0.29) is 5.69 Å². The summed E-state index contributed by atoms with van der Waals surface area (Å²) in [6.07, 6.45) is 0. The van der Waals surface area contributed by atoms with Gasteiger partial charge in [0.25, 0.3) is 5.91 Å². The van der Waals surface area contributed by atoms with Gasteiger partial charge in [-0.25, -0.2) is 13.6 Å². The van der Waals surface area contributed by atoms with Crippen LogP contribution in [0, 0.1) is 11.6 Å². The van der Waals surface area contributed by atoms with Crippen LogP contribution >= 0.6 is 0 Å². The molecule has 0 spiro atoms. The second-order valence-corrected chi connectivity index (χ2v) is 5.63. The Kier molecular flexibility index (Phi) is 3.96. The number of rotatable bonds is 4. The third-order valence-electron chi connectivity index (χ3n) is 3.94. The maximum atomic E-state index is 14.1. The summed E-state index contributed by atoms with van der Waals surface area (Å²) < 4.78 is 27.5. The molecule has 128 valence electrons. The number of benzene rings is 2. The van der Waals surface area contributed by atoms with E-state index in [1.54, 1.807) is 24.3 Å². The van der Waals surface area contributed by atoms with Crippen LogP contribution in [0.4, 0.5) is 8.78 Å². The molecule has 0 bridgehead atoms. The van der Waals surface area contributed by atoms with E-state index in [0.717, 1.165) is 25.1 Å². The van der Waals surface area contributed by atoms with Gasteiger partial charge >= 0.3 is 5.97 Å². The van der Waals surface area contributed by atoms with Gasteiger partial charge in [-0.2, -0.15) is 5.10 Å². The van der Waals surface area contributed by atoms with Crippen molar-refractivity contribution in [1.29, 1.82) is 0 Å². The average molecular weight is 345 g/mol. The van der Waals surface area contributed by atoms with Crippen molar-refractivity contribution in [3.8, 4) is 0 Å². The maximum Gasteiger partial charge on any atom is 0.333 e. The molecule has 1 unspecified atom stereocenters. The van der Waals surface area contributed by atoms with Crippen LogP contribution in [0.25, 0.3) is 10.9 Å². The molecule has 3 rings (SSSR count). The molecule has 0 radical (unpaired) electrons. The van der Waals surface area contributed by atoms with Crippen LogP contribution in [-0.2, 0) is 10.3 Å². The number of carbonyl (C=O) groups is 2. The highest BCUT2D eigenvalue weighted by molar-refractivity contribution is 6.06. The standard InChI is InChI=1S/C17H13F2N3O3/c1-17(16(24)25,11-8-9(18)6-7-12(11)19)20-15(23)14-10-4-2-3-5-13(10)21-22-14/h2-8H,1H3,(H,20,23)(H,21,22)(H,24,25). The largest absolute Gasteiger partial charge is 0.479 e. The topological polar surface area (TPSA) is 95.1 Å². The molecule has 0 fully saturated rings. The zero-order chi connectivity index (χ0) is 18.2. The molecule has 0 saturated heterocycles. The summed E-state index contributed by atoms with van der Waals surface area (Å²) >= 11 is 0. The van der Waals surface area contributed by atoms with E-state index >= 15 is 0 Å². The van der Waals surface area contributed by atoms with Gasteiger partial charge in [0.1, 0.15) is 11.6 Å². The van der Waals surface area contributed by atoms with Crippen molar-refractivity contribution in [2.45, 2.75) is 12.5 Å². The number of carbonyl (C=O) groups excluding carboxylic acids is 1. The number of aromatic amines is 1. The van der Waals surface area contributed by atoms with Crippen molar-refractivity contribution in [3.05, 3.63) is 65.4 Å². The number of amides is 1. The van der Waals surface area contributed by atoms with Gasteiger partial charge in [0.05, 0.1) is 5.52 Å². The van der Waals surface area contributed by atoms with Crippen LogP contribution in [0.3, 0.4) is 0 Å². The number of nitrogens with zero attached hydrogens (tertiary/aromatic N) is 1. The van der Waals surface area contributed by atoms with Crippen LogP contribution < -0.4 is 5.32 Å². The highest BCUT2D eigenvalue weighted by atomic mass is 19.1. The first-order valence-corrected chi connectivity index (χ1v) is 7.27. The first-order chi connectivity index (χ1) is 11.8. The molecular weight excluding hydrogens is 332 g/mol. The second-order valence-electron chi connectivity index (χ2n) is 5.63. The minimum atomic E-state index is -2.18. The number of aromatic nitrogens is 2. The maximum absolute atomic E-state index is 14.1. The molecule has 1 atom stereocenters. The number of hydrogen-bond acceptors (Lipinski definition) is 3. The summed E-state index contributed by atoms with van der Waals surface area (Å²) in [5.41, 5.74) is -2.13. The van der Waals surface area contributed by atoms with Gasteiger partial charge in [-0.1, -0.05) is 18.2 Å². The highest BCUT2D eigenvalue weighted by Crippen LogP contribution is 2.26. The van der Waals surface area contributed by atoms with E-state index in [4.69, 9.17) is 0 Å². The van der Waals surface area contributed by atoms with Gasteiger partial charge in [0.2, 0.25) is 0 Å². The molecule has 2 aromatic carbocycles. The molecule has 1 aromatic heterocycles. The van der Waals surface area contributed by atoms with E-state index in [1.807, 2.05) is 0 Å². The van der Waals surface area contributed by atoms with E-state index in [1.165, 1.54) is 0 Å². The van der Waals surface area contributed by atoms with Gasteiger partial charge in [-0.05, 0) is 31.2 Å². The van der Waals surface area contributed by atoms with E-state index in [2.05, 4.69) is 15.5 Å². The summed E-state index contributed by atoms with van der Waals surface area (Å²) in [5, 5.41) is 18.8. The number of nitrogens with one attached hydrogen (secondary N) is 2. The molecule has 1 amide bonds. The van der Waals surface area contributed by atoms with Crippen molar-refractivity contribution in [2.24, 2.45) is 0 Å². The van der Waals surface area contributed by atoms with Crippen molar-refractivity contribution < 1.29 is 23.5 Å². The molecule has 0 saturated carbocycles. The summed E-state index contributed by atoms with van der Waals surface area (Å²) in [4.78, 5) is 24.3. The molecule has 3 N–H and O–H groups in total. The van der Waals surface area contributed by atoms with Crippen molar-refractivity contribution in [3.63, 3.8) is 0 Å². The molecular formula is C17H13F2N3O3. The fraction of sp³-hybridized carbons (Fsp3) is 0.118. The van der Waals surface area contributed by atoms with E-state index in [9.17, 15) is 23.5 Å². The van der Waals surface area contributed by atoms with Crippen molar-refractivity contribution in [2.75, 3.05) is 0 Å². The quantitative estimate of drug-likeness (QED) is 0.677. The Labute approximate surface area is 140 Å². The molecule has 0 aliphatic heterocycles. The van der Waals surface area contributed by atoms with Gasteiger partial charge in [0, 0.05) is 10.9 Å². The Bertz CT molecular complexity index is 986. The minimum Gasteiger partial charge on any atom is -0.479 e. The summed E-state index contributed by atoms with van der Waals surface area (Å²) in [6.45, 7) is 1.08. The van der Waals surface area contributed by atoms with Crippen molar-refractivity contribution >= 4 is 22.8 Å². The molecule has 8 heteroatoms. The Hall–Kier alpha value is -3.29. The fourth-order valence-electron chi connectivity index (χ4n) is 2.54. The third kappa shape index (κ3) is 2.82. The lowest BCUT2D eigenvalue weighted by molar-refractivity contribution is -0.144. The number of hydrogen-bond donors (Lipinski definition) is 3. The summed E-state index contributed by atoms with van der Waals surface area (Å²) in [5.74, 6) is -4.13. The van der Waals surface area contributed by atoms with Gasteiger partial charge in [-0.15, -0.1) is 0 Å². The Morgan fingerprint density at radius 2 is 1.92 bits per heavy atom. The Morgan fingerprint density at radius 1 is 1.20 bits per heavy atom. The fourth-order valence-corrected chi connectivity index (χ4v) is 2.54. The molecule has 1 heterocycles. The minimum absolute atomic E-state index is 0.0418. The van der Waals surface area contributed by atoms with Crippen LogP contribution in [0.1, 0.15) is 23.0 Å². The second kappa shape index (κ2) is 5.97. The zero-order valence-electron chi connectivity index (χ0n) is 13.0. The lowest BCUT2D eigenvalue weighted by Crippen LogP contribution is -2.50. The lowest BCUT2D eigenvalue weighted by atomic mass is 9.91. The number of para-hydroxylation sites is 1. The number of fused-ring (bicyclic) bond motifs is 1. The molecule has 0 aliphatic carbocycles. The van der Waals surface area contributed by atoms with Gasteiger partial charge in [0.15, 0.2) is 11.2 Å². The SMILES string of the molecule is CC(NC(=O)c1n[nH]c2ccccc12)(C(=O)O)c1cc(F)ccc1F. The van der Waals surface area contributed by atoms with Crippen molar-refractivity contribution in [1.82, 2.24) is 15.5 Å². The third-order valence-corrected chi connectivity index (χ3v) is 3.94. The Morgan fingerprint density at radius 3 is 2.64 bits per heavy atom. The monoisotopic (exact) mass is 345 g/mol. The van der Waals surface area contributed by atoms with E-state index in [0.29, 0.717) is 10.9 Å². The average Bonchev–Trinajstić information content (AvgIpc) is 3.01. The predicted octanol–water partition coefficient (Wildman–Crippen LogP) is 2.57. The smallest absolute Gasteiger partial charge is 0.333 e. The number of aliphatic carboxylic acids is 1. The lowest BCUT2D eigenvalue weighted by Gasteiger charge is -2.26. The van der Waals surface area contributed by atoms with Crippen LogP contribution in [0.15, 0.2) is 42.5 Å². The van der Waals surface area contributed by atoms with Crippen LogP contribution in [0.5, 0.6) is 0 Å². The van der Waals surface area contributed by atoms with Gasteiger partial charge in [-0.3, -0.25) is 9.89 Å². The van der Waals surface area contributed by atoms with Gasteiger partial charge < -0.3 is 10.4 Å². The normalized spacial score (nSPS) is 13.4. The Balaban J connectivity index is 2.03. The molecule has 25 heavy (non-hydrogen) atoms. The van der Waals surface area contributed by atoms with Crippen LogP contribution in [0.2, 0.25) is 0 Å². The summed E-state index contributed by atoms with van der Waals surface area (Å²) in [6, 6.07) is 9.18. The molecule has 6 nitrogen and oxygen atoms in total. The van der Waals surface area contributed by atoms with Crippen LogP contribution in [-0.4, -0.2) is 27.2 Å². The number of carboxylic acid groups (broad SMARTS) is 1.